The first-order valence-corrected chi connectivity index (χ1v) is 18.7. The highest BCUT2D eigenvalue weighted by Crippen LogP contribution is 2.36. The number of pyridine rings is 1. The molecule has 0 amide bonds. The topological polar surface area (TPSA) is 90.5 Å². The van der Waals surface area contributed by atoms with Crippen molar-refractivity contribution in [2.24, 2.45) is 0 Å². The summed E-state index contributed by atoms with van der Waals surface area (Å²) >= 11 is 0. The van der Waals surface area contributed by atoms with E-state index in [2.05, 4.69) is 94.9 Å². The van der Waals surface area contributed by atoms with Gasteiger partial charge in [-0.1, -0.05) is 140 Å². The Morgan fingerprint density at radius 2 is 0.912 bits per heavy atom. The quantitative estimate of drug-likeness (QED) is 0.157. The summed E-state index contributed by atoms with van der Waals surface area (Å²) in [6.07, 6.45) is 3.45. The Hall–Kier alpha value is -7.90. The van der Waals surface area contributed by atoms with Gasteiger partial charge in [-0.05, 0) is 68.6 Å². The van der Waals surface area contributed by atoms with E-state index in [1.54, 1.807) is 6.33 Å². The molecule has 0 bridgehead atoms. The molecule has 57 heavy (non-hydrogen) atoms. The van der Waals surface area contributed by atoms with Crippen molar-refractivity contribution in [3.8, 4) is 67.7 Å². The number of rotatable bonds is 6. The Bertz CT molecular complexity index is 3290. The summed E-state index contributed by atoms with van der Waals surface area (Å²) in [4.78, 5) is 29.0. The zero-order valence-corrected chi connectivity index (χ0v) is 30.4. The second kappa shape index (κ2) is 13.4. The summed E-state index contributed by atoms with van der Waals surface area (Å²) < 4.78 is 6.36. The third-order valence-corrected chi connectivity index (χ3v) is 10.5. The van der Waals surface area contributed by atoms with Crippen molar-refractivity contribution in [1.29, 1.82) is 0 Å². The summed E-state index contributed by atoms with van der Waals surface area (Å²) in [5.41, 5.74) is 10.3. The number of furan rings is 1. The lowest BCUT2D eigenvalue weighted by Crippen LogP contribution is -2.00. The van der Waals surface area contributed by atoms with Gasteiger partial charge in [0.05, 0.1) is 5.39 Å². The molecule has 0 N–H and O–H groups in total. The highest BCUT2D eigenvalue weighted by atomic mass is 16.3. The lowest BCUT2D eigenvalue weighted by molar-refractivity contribution is 0.652. The smallest absolute Gasteiger partial charge is 0.229 e. The lowest BCUT2D eigenvalue weighted by Gasteiger charge is -2.10. The monoisotopic (exact) mass is 730 g/mol. The standard InChI is InChI=1S/C50H30N6O/c1-3-10-31(11-4-1)35-16-9-17-40(25-35)49-55-47(33-12-5-2-6-13-33)54-48(56-49)34-20-18-32(19-21-34)44-46-45(53-30-52-44)43-28-42(29-51-50(43)57-46)39-23-22-38-24-36-14-7-8-15-37(36)26-41(38)27-39/h1-30H. The van der Waals surface area contributed by atoms with Gasteiger partial charge in [0.2, 0.25) is 5.71 Å². The van der Waals surface area contributed by atoms with Crippen molar-refractivity contribution in [3.63, 3.8) is 0 Å². The number of nitrogens with zero attached hydrogens (tertiary/aromatic N) is 6. The number of aromatic nitrogens is 6. The van der Waals surface area contributed by atoms with Crippen LogP contribution >= 0.6 is 0 Å². The van der Waals surface area contributed by atoms with E-state index in [1.807, 2.05) is 91.1 Å². The number of benzene rings is 7. The van der Waals surface area contributed by atoms with E-state index in [9.17, 15) is 0 Å². The SMILES string of the molecule is c1ccc(-c2cccc(-c3nc(-c4ccccc4)nc(-c4ccc(-c5ncnc6c5oc5ncc(-c7ccc8cc9ccccc9cc8c7)cc56)cc4)n3)c2)cc1. The van der Waals surface area contributed by atoms with E-state index in [0.717, 1.165) is 49.9 Å². The van der Waals surface area contributed by atoms with Crippen LogP contribution < -0.4 is 0 Å². The molecule has 0 saturated carbocycles. The van der Waals surface area contributed by atoms with E-state index < -0.39 is 0 Å². The third-order valence-electron chi connectivity index (χ3n) is 10.5. The Labute approximate surface area is 327 Å². The zero-order chi connectivity index (χ0) is 37.7. The predicted octanol–water partition coefficient (Wildman–Crippen LogP) is 12.3. The average molecular weight is 731 g/mol. The van der Waals surface area contributed by atoms with Crippen LogP contribution in [0, 0.1) is 0 Å². The first-order chi connectivity index (χ1) is 28.2. The van der Waals surface area contributed by atoms with Crippen molar-refractivity contribution >= 4 is 43.7 Å². The molecule has 0 atom stereocenters. The van der Waals surface area contributed by atoms with Gasteiger partial charge in [0.25, 0.3) is 0 Å². The minimum absolute atomic E-state index is 0.515. The fourth-order valence-corrected chi connectivity index (χ4v) is 7.54. The third kappa shape index (κ3) is 5.95. The second-order valence-corrected chi connectivity index (χ2v) is 14.0. The Morgan fingerprint density at radius 3 is 1.67 bits per heavy atom. The fraction of sp³-hybridized carbons (Fsp3) is 0. The molecular formula is C50H30N6O. The van der Waals surface area contributed by atoms with E-state index >= 15 is 0 Å². The molecule has 0 aliphatic rings. The van der Waals surface area contributed by atoms with E-state index in [1.165, 1.54) is 21.5 Å². The van der Waals surface area contributed by atoms with Gasteiger partial charge < -0.3 is 4.42 Å². The molecule has 4 aromatic heterocycles. The van der Waals surface area contributed by atoms with Crippen LogP contribution in [0.5, 0.6) is 0 Å². The molecule has 7 aromatic carbocycles. The van der Waals surface area contributed by atoms with Gasteiger partial charge in [0, 0.05) is 34.0 Å². The number of hydrogen-bond donors (Lipinski definition) is 0. The minimum Gasteiger partial charge on any atom is -0.434 e. The highest BCUT2D eigenvalue weighted by Gasteiger charge is 2.18. The molecule has 0 spiro atoms. The van der Waals surface area contributed by atoms with Gasteiger partial charge in [-0.15, -0.1) is 0 Å². The average Bonchev–Trinajstić information content (AvgIpc) is 3.67. The van der Waals surface area contributed by atoms with Crippen molar-refractivity contribution in [2.75, 3.05) is 0 Å². The number of hydrogen-bond acceptors (Lipinski definition) is 7. The number of fused-ring (bicyclic) bond motifs is 5. The van der Waals surface area contributed by atoms with Gasteiger partial charge in [-0.3, -0.25) is 0 Å². The van der Waals surface area contributed by atoms with Crippen LogP contribution in [0.15, 0.2) is 187 Å². The molecule has 0 saturated heterocycles. The Balaban J connectivity index is 0.956. The molecular weight excluding hydrogens is 701 g/mol. The van der Waals surface area contributed by atoms with Crippen LogP contribution in [0.4, 0.5) is 0 Å². The molecule has 0 fully saturated rings. The van der Waals surface area contributed by atoms with E-state index in [4.69, 9.17) is 24.4 Å². The predicted molar refractivity (Wildman–Crippen MR) is 228 cm³/mol. The molecule has 266 valence electrons. The molecule has 11 rings (SSSR count). The largest absolute Gasteiger partial charge is 0.434 e. The maximum absolute atomic E-state index is 6.36. The van der Waals surface area contributed by atoms with Gasteiger partial charge in [0.1, 0.15) is 17.5 Å². The molecule has 4 heterocycles. The van der Waals surface area contributed by atoms with Crippen molar-refractivity contribution in [1.82, 2.24) is 29.9 Å². The molecule has 0 radical (unpaired) electrons. The fourth-order valence-electron chi connectivity index (χ4n) is 7.54. The van der Waals surface area contributed by atoms with Crippen LogP contribution in [0.2, 0.25) is 0 Å². The molecule has 0 unspecified atom stereocenters. The van der Waals surface area contributed by atoms with Gasteiger partial charge in [0.15, 0.2) is 23.1 Å². The second-order valence-electron chi connectivity index (χ2n) is 14.0. The van der Waals surface area contributed by atoms with Crippen LogP contribution in [0.25, 0.3) is 111 Å². The van der Waals surface area contributed by atoms with Crippen molar-refractivity contribution in [3.05, 3.63) is 182 Å². The maximum atomic E-state index is 6.36. The van der Waals surface area contributed by atoms with E-state index in [-0.39, 0.29) is 0 Å². The molecule has 11 aromatic rings. The first kappa shape index (κ1) is 32.5. The van der Waals surface area contributed by atoms with Crippen molar-refractivity contribution in [2.45, 2.75) is 0 Å². The van der Waals surface area contributed by atoms with Gasteiger partial charge in [-0.2, -0.15) is 0 Å². The Kier molecular flexibility index (Phi) is 7.67. The molecule has 0 aliphatic heterocycles. The summed E-state index contributed by atoms with van der Waals surface area (Å²) in [6, 6.07) is 58.2. The summed E-state index contributed by atoms with van der Waals surface area (Å²) in [5.74, 6) is 1.78. The summed E-state index contributed by atoms with van der Waals surface area (Å²) in [5, 5.41) is 5.66. The Morgan fingerprint density at radius 1 is 0.351 bits per heavy atom. The maximum Gasteiger partial charge on any atom is 0.229 e. The van der Waals surface area contributed by atoms with Gasteiger partial charge >= 0.3 is 0 Å². The van der Waals surface area contributed by atoms with Crippen LogP contribution in [0.3, 0.4) is 0 Å². The summed E-state index contributed by atoms with van der Waals surface area (Å²) in [6.45, 7) is 0. The normalized spacial score (nSPS) is 11.5. The van der Waals surface area contributed by atoms with Crippen molar-refractivity contribution < 1.29 is 4.42 Å². The minimum atomic E-state index is 0.515. The lowest BCUT2D eigenvalue weighted by atomic mass is 9.99. The van der Waals surface area contributed by atoms with Crippen LogP contribution in [-0.4, -0.2) is 29.9 Å². The zero-order valence-electron chi connectivity index (χ0n) is 30.4. The van der Waals surface area contributed by atoms with Gasteiger partial charge in [-0.25, -0.2) is 29.9 Å². The molecule has 7 nitrogen and oxygen atoms in total. The first-order valence-electron chi connectivity index (χ1n) is 18.7. The van der Waals surface area contributed by atoms with Crippen LogP contribution in [-0.2, 0) is 0 Å². The molecule has 0 aliphatic carbocycles. The molecule has 7 heteroatoms. The van der Waals surface area contributed by atoms with Crippen LogP contribution in [0.1, 0.15) is 0 Å². The highest BCUT2D eigenvalue weighted by molar-refractivity contribution is 6.07. The van der Waals surface area contributed by atoms with E-state index in [0.29, 0.717) is 40.0 Å². The summed E-state index contributed by atoms with van der Waals surface area (Å²) in [7, 11) is 0.